The second kappa shape index (κ2) is 3.80. The summed E-state index contributed by atoms with van der Waals surface area (Å²) in [6, 6.07) is 4.05. The van der Waals surface area contributed by atoms with Crippen molar-refractivity contribution in [1.29, 1.82) is 0 Å². The van der Waals surface area contributed by atoms with Crippen LogP contribution in [-0.4, -0.2) is 5.51 Å². The van der Waals surface area contributed by atoms with E-state index in [1.165, 1.54) is 18.2 Å². The van der Waals surface area contributed by atoms with Gasteiger partial charge in [-0.3, -0.25) is 0 Å². The molecule has 0 heterocycles. The zero-order valence-corrected chi connectivity index (χ0v) is 7.93. The lowest BCUT2D eigenvalue weighted by Gasteiger charge is -2.06. The second-order valence-corrected chi connectivity index (χ2v) is 3.85. The number of hydrogen-bond donors (Lipinski definition) is 0. The molecular formula is C8H5ClF3S. The summed E-state index contributed by atoms with van der Waals surface area (Å²) in [6.07, 6.45) is 0. The summed E-state index contributed by atoms with van der Waals surface area (Å²) in [7, 11) is 0. The van der Waals surface area contributed by atoms with Gasteiger partial charge in [0, 0.05) is 9.92 Å². The fourth-order valence-corrected chi connectivity index (χ4v) is 1.55. The standard InChI is InChI=1S/C8H5ClF3S/c1-5-2-3-6(4-7(5)9)13-8(10,11)12/h2-4H,1H2. The first-order valence-electron chi connectivity index (χ1n) is 3.26. The third-order valence-corrected chi connectivity index (χ3v) is 2.33. The molecule has 0 atom stereocenters. The highest BCUT2D eigenvalue weighted by Crippen LogP contribution is 2.37. The Morgan fingerprint density at radius 1 is 1.31 bits per heavy atom. The molecule has 0 spiro atoms. The molecule has 1 aromatic carbocycles. The van der Waals surface area contributed by atoms with E-state index < -0.39 is 5.51 Å². The number of halogens is 4. The molecule has 0 fully saturated rings. The maximum absolute atomic E-state index is 11.9. The molecule has 0 aliphatic carbocycles. The van der Waals surface area contributed by atoms with E-state index in [-0.39, 0.29) is 21.7 Å². The van der Waals surface area contributed by atoms with Crippen molar-refractivity contribution < 1.29 is 13.2 Å². The third-order valence-electron chi connectivity index (χ3n) is 1.26. The van der Waals surface area contributed by atoms with Gasteiger partial charge in [0.2, 0.25) is 0 Å². The Labute approximate surface area is 83.1 Å². The topological polar surface area (TPSA) is 0 Å². The molecular weight excluding hydrogens is 221 g/mol. The summed E-state index contributed by atoms with van der Waals surface area (Å²) in [5.74, 6) is 0. The normalized spacial score (nSPS) is 11.8. The lowest BCUT2D eigenvalue weighted by atomic mass is 10.2. The Bertz CT molecular complexity index is 309. The van der Waals surface area contributed by atoms with Crippen molar-refractivity contribution in [2.45, 2.75) is 10.4 Å². The van der Waals surface area contributed by atoms with E-state index in [0.29, 0.717) is 5.56 Å². The highest BCUT2D eigenvalue weighted by atomic mass is 35.5. The number of benzene rings is 1. The van der Waals surface area contributed by atoms with Gasteiger partial charge in [-0.15, -0.1) is 0 Å². The molecule has 71 valence electrons. The highest BCUT2D eigenvalue weighted by Gasteiger charge is 2.29. The van der Waals surface area contributed by atoms with Crippen molar-refractivity contribution in [3.05, 3.63) is 35.7 Å². The molecule has 0 unspecified atom stereocenters. The molecule has 0 aliphatic heterocycles. The average Bonchev–Trinajstić information content (AvgIpc) is 1.94. The van der Waals surface area contributed by atoms with Crippen molar-refractivity contribution in [2.24, 2.45) is 0 Å². The summed E-state index contributed by atoms with van der Waals surface area (Å²) in [6.45, 7) is 3.54. The molecule has 0 saturated carbocycles. The van der Waals surface area contributed by atoms with Gasteiger partial charge < -0.3 is 0 Å². The minimum Gasteiger partial charge on any atom is -0.160 e. The van der Waals surface area contributed by atoms with Crippen molar-refractivity contribution in [2.75, 3.05) is 0 Å². The van der Waals surface area contributed by atoms with Gasteiger partial charge in [0.25, 0.3) is 0 Å². The van der Waals surface area contributed by atoms with Gasteiger partial charge in [0.1, 0.15) is 0 Å². The van der Waals surface area contributed by atoms with Crippen LogP contribution in [0.5, 0.6) is 0 Å². The van der Waals surface area contributed by atoms with E-state index in [1.54, 1.807) is 0 Å². The molecule has 0 amide bonds. The minimum absolute atomic E-state index is 0.0740. The van der Waals surface area contributed by atoms with E-state index in [9.17, 15) is 13.2 Å². The predicted molar refractivity (Wildman–Crippen MR) is 47.8 cm³/mol. The Morgan fingerprint density at radius 2 is 1.92 bits per heavy atom. The van der Waals surface area contributed by atoms with Crippen LogP contribution in [0.15, 0.2) is 23.1 Å². The molecule has 1 aromatic rings. The average molecular weight is 226 g/mol. The maximum Gasteiger partial charge on any atom is 0.446 e. The molecule has 0 nitrogen and oxygen atoms in total. The van der Waals surface area contributed by atoms with Crippen molar-refractivity contribution >= 4 is 23.4 Å². The highest BCUT2D eigenvalue weighted by molar-refractivity contribution is 8.00. The van der Waals surface area contributed by atoms with Crippen LogP contribution in [0.25, 0.3) is 0 Å². The largest absolute Gasteiger partial charge is 0.446 e. The van der Waals surface area contributed by atoms with Crippen molar-refractivity contribution in [1.82, 2.24) is 0 Å². The zero-order chi connectivity index (χ0) is 10.1. The maximum atomic E-state index is 11.9. The Kier molecular flexibility index (Phi) is 3.14. The van der Waals surface area contributed by atoms with Crippen LogP contribution in [0.4, 0.5) is 13.2 Å². The number of thioether (sulfide) groups is 1. The van der Waals surface area contributed by atoms with Gasteiger partial charge in [-0.25, -0.2) is 0 Å². The van der Waals surface area contributed by atoms with Crippen LogP contribution < -0.4 is 0 Å². The van der Waals surface area contributed by atoms with Gasteiger partial charge in [-0.1, -0.05) is 17.7 Å². The Balaban J connectivity index is 2.86. The van der Waals surface area contributed by atoms with Crippen LogP contribution in [0, 0.1) is 6.92 Å². The van der Waals surface area contributed by atoms with Crippen molar-refractivity contribution in [3.8, 4) is 0 Å². The molecule has 1 rings (SSSR count). The molecule has 0 bridgehead atoms. The zero-order valence-electron chi connectivity index (χ0n) is 6.36. The second-order valence-electron chi connectivity index (χ2n) is 2.30. The van der Waals surface area contributed by atoms with E-state index in [1.807, 2.05) is 0 Å². The summed E-state index contributed by atoms with van der Waals surface area (Å²) in [5, 5.41) is 0.245. The predicted octanol–water partition coefficient (Wildman–Crippen LogP) is 4.13. The summed E-state index contributed by atoms with van der Waals surface area (Å²) >= 11 is 5.41. The van der Waals surface area contributed by atoms with E-state index in [4.69, 9.17) is 11.6 Å². The first kappa shape index (κ1) is 10.7. The molecule has 0 aromatic heterocycles. The SMILES string of the molecule is [CH2]c1ccc(SC(F)(F)F)cc1Cl. The number of alkyl halides is 3. The lowest BCUT2D eigenvalue weighted by molar-refractivity contribution is -0.0328. The quantitative estimate of drug-likeness (QED) is 0.648. The Morgan fingerprint density at radius 3 is 2.38 bits per heavy atom. The summed E-state index contributed by atoms with van der Waals surface area (Å²) in [5.41, 5.74) is -3.75. The number of rotatable bonds is 1. The first-order valence-corrected chi connectivity index (χ1v) is 4.45. The van der Waals surface area contributed by atoms with Gasteiger partial charge in [0.15, 0.2) is 0 Å². The molecule has 1 radical (unpaired) electrons. The molecule has 13 heavy (non-hydrogen) atoms. The first-order chi connectivity index (χ1) is 5.88. The molecule has 0 saturated heterocycles. The molecule has 0 aliphatic rings. The lowest BCUT2D eigenvalue weighted by Crippen LogP contribution is -1.98. The molecule has 0 N–H and O–H groups in total. The molecule has 5 heteroatoms. The fourth-order valence-electron chi connectivity index (χ4n) is 0.725. The van der Waals surface area contributed by atoms with Crippen molar-refractivity contribution in [3.63, 3.8) is 0 Å². The number of hydrogen-bond acceptors (Lipinski definition) is 1. The van der Waals surface area contributed by atoms with E-state index >= 15 is 0 Å². The van der Waals surface area contributed by atoms with Crippen LogP contribution in [-0.2, 0) is 0 Å². The van der Waals surface area contributed by atoms with Crippen LogP contribution in [0.1, 0.15) is 5.56 Å². The van der Waals surface area contributed by atoms with Gasteiger partial charge in [0.05, 0.1) is 0 Å². The smallest absolute Gasteiger partial charge is 0.160 e. The Hall–Kier alpha value is -0.350. The fraction of sp³-hybridized carbons (Fsp3) is 0.125. The monoisotopic (exact) mass is 225 g/mol. The van der Waals surface area contributed by atoms with Gasteiger partial charge in [-0.2, -0.15) is 13.2 Å². The van der Waals surface area contributed by atoms with Crippen LogP contribution in [0.2, 0.25) is 5.02 Å². The van der Waals surface area contributed by atoms with Crippen LogP contribution >= 0.6 is 23.4 Å². The summed E-state index contributed by atoms with van der Waals surface area (Å²) < 4.78 is 35.6. The minimum atomic E-state index is -4.27. The van der Waals surface area contributed by atoms with Gasteiger partial charge in [-0.05, 0) is 36.4 Å². The van der Waals surface area contributed by atoms with Crippen LogP contribution in [0.3, 0.4) is 0 Å². The van der Waals surface area contributed by atoms with E-state index in [2.05, 4.69) is 6.92 Å². The van der Waals surface area contributed by atoms with Gasteiger partial charge >= 0.3 is 5.51 Å². The third kappa shape index (κ3) is 3.48. The van der Waals surface area contributed by atoms with E-state index in [0.717, 1.165) is 0 Å². The summed E-state index contributed by atoms with van der Waals surface area (Å²) in [4.78, 5) is 0.0740.